The predicted octanol–water partition coefficient (Wildman–Crippen LogP) is 14.6. The highest BCUT2D eigenvalue weighted by atomic mass is 15.9. The Hall–Kier alpha value is -8.71. The third kappa shape index (κ3) is 6.95. The summed E-state index contributed by atoms with van der Waals surface area (Å²) in [4.78, 5) is 2.35. The lowest BCUT2D eigenvalue weighted by atomic mass is 9.91. The van der Waals surface area contributed by atoms with Gasteiger partial charge in [0.1, 0.15) is 0 Å². The van der Waals surface area contributed by atoms with E-state index in [-0.39, 0.29) is 0 Å². The van der Waals surface area contributed by atoms with E-state index in [1.54, 1.807) is 5.12 Å². The number of fused-ring (bicyclic) bond motifs is 4. The van der Waals surface area contributed by atoms with Gasteiger partial charge >= 0.3 is 0 Å². The quantitative estimate of drug-likeness (QED) is 0.152. The lowest BCUT2D eigenvalue weighted by molar-refractivity contribution is 0.664. The molecule has 0 saturated heterocycles. The van der Waals surface area contributed by atoms with Crippen LogP contribution in [0.25, 0.3) is 71.6 Å². The topological polar surface area (TPSA) is 47.8 Å². The van der Waals surface area contributed by atoms with Gasteiger partial charge in [0.05, 0.1) is 16.7 Å². The lowest BCUT2D eigenvalue weighted by Crippen LogP contribution is -2.38. The molecular weight excluding hydrogens is 793 g/mol. The fourth-order valence-corrected chi connectivity index (χ4v) is 9.35. The Bertz CT molecular complexity index is 3470. The van der Waals surface area contributed by atoms with Crippen molar-refractivity contribution in [2.24, 2.45) is 5.10 Å². The van der Waals surface area contributed by atoms with Crippen molar-refractivity contribution in [2.45, 2.75) is 0 Å². The molecule has 1 aliphatic heterocycles. The van der Waals surface area contributed by atoms with Crippen molar-refractivity contribution in [2.75, 3.05) is 10.0 Å². The van der Waals surface area contributed by atoms with Gasteiger partial charge in [0.15, 0.2) is 5.84 Å². The fourth-order valence-electron chi connectivity index (χ4n) is 9.35. The van der Waals surface area contributed by atoms with E-state index in [9.17, 15) is 0 Å². The highest BCUT2D eigenvalue weighted by molar-refractivity contribution is 6.09. The van der Waals surface area contributed by atoms with Crippen molar-refractivity contribution in [3.05, 3.63) is 248 Å². The average Bonchev–Trinajstić information content (AvgIpc) is 4.02. The van der Waals surface area contributed by atoms with Crippen molar-refractivity contribution >= 4 is 61.2 Å². The zero-order valence-corrected chi connectivity index (χ0v) is 35.4. The van der Waals surface area contributed by atoms with E-state index in [0.717, 1.165) is 56.5 Å². The van der Waals surface area contributed by atoms with Crippen LogP contribution in [0, 0.1) is 0 Å². The molecule has 0 aliphatic carbocycles. The Balaban J connectivity index is 0.918. The molecule has 12 rings (SSSR count). The number of hydrogen-bond donors (Lipinski definition) is 2. The second-order valence-corrected chi connectivity index (χ2v) is 16.3. The van der Waals surface area contributed by atoms with Gasteiger partial charge in [0.2, 0.25) is 0 Å². The van der Waals surface area contributed by atoms with Gasteiger partial charge in [-0.1, -0.05) is 170 Å². The van der Waals surface area contributed by atoms with Crippen LogP contribution in [0.4, 0.5) is 22.7 Å². The molecule has 0 saturated carbocycles. The van der Waals surface area contributed by atoms with Crippen molar-refractivity contribution in [1.82, 2.24) is 15.5 Å². The molecule has 2 N–H and O–H groups in total. The summed E-state index contributed by atoms with van der Waals surface area (Å²) in [6, 6.07) is 86.6. The summed E-state index contributed by atoms with van der Waals surface area (Å²) in [7, 11) is 0. The highest BCUT2D eigenvalue weighted by Gasteiger charge is 2.19. The number of hydrogen-bond acceptors (Lipinski definition) is 5. The summed E-state index contributed by atoms with van der Waals surface area (Å²) >= 11 is 0. The normalized spacial score (nSPS) is 12.4. The van der Waals surface area contributed by atoms with Crippen LogP contribution in [0.3, 0.4) is 0 Å². The minimum absolute atomic E-state index is 0.770. The molecule has 308 valence electrons. The zero-order valence-electron chi connectivity index (χ0n) is 35.4. The Morgan fingerprint density at radius 2 is 0.862 bits per heavy atom. The summed E-state index contributed by atoms with van der Waals surface area (Å²) < 4.78 is 2.37. The Morgan fingerprint density at radius 3 is 1.49 bits per heavy atom. The summed E-state index contributed by atoms with van der Waals surface area (Å²) in [5.74, 6) is 0.770. The molecule has 0 fully saturated rings. The first-order valence-corrected chi connectivity index (χ1v) is 22.0. The number of rotatable bonds is 9. The average molecular weight is 835 g/mol. The van der Waals surface area contributed by atoms with Gasteiger partial charge < -0.3 is 9.47 Å². The van der Waals surface area contributed by atoms with Gasteiger partial charge in [0, 0.05) is 39.1 Å². The van der Waals surface area contributed by atoms with Crippen LogP contribution in [0.5, 0.6) is 0 Å². The zero-order chi connectivity index (χ0) is 43.1. The third-order valence-electron chi connectivity index (χ3n) is 12.4. The second-order valence-electron chi connectivity index (χ2n) is 16.3. The second kappa shape index (κ2) is 16.2. The molecule has 0 unspecified atom stereocenters. The number of anilines is 4. The van der Waals surface area contributed by atoms with E-state index >= 15 is 0 Å². The number of aromatic nitrogens is 1. The molecule has 10 aromatic carbocycles. The van der Waals surface area contributed by atoms with E-state index in [1.165, 1.54) is 49.3 Å². The first kappa shape index (κ1) is 38.0. The molecule has 2 heterocycles. The molecule has 6 nitrogen and oxygen atoms in total. The van der Waals surface area contributed by atoms with Gasteiger partial charge in [0.25, 0.3) is 0 Å². The summed E-state index contributed by atoms with van der Waals surface area (Å²) in [5.41, 5.74) is 22.1. The van der Waals surface area contributed by atoms with Gasteiger partial charge in [-0.25, -0.2) is 0 Å². The fraction of sp³-hybridized carbons (Fsp3) is 0. The predicted molar refractivity (Wildman–Crippen MR) is 271 cm³/mol. The molecule has 65 heavy (non-hydrogen) atoms. The van der Waals surface area contributed by atoms with Gasteiger partial charge in [-0.2, -0.15) is 5.12 Å². The van der Waals surface area contributed by atoms with E-state index in [1.807, 2.05) is 30.3 Å². The summed E-state index contributed by atoms with van der Waals surface area (Å²) in [5, 5.41) is 11.5. The number of para-hydroxylation sites is 2. The van der Waals surface area contributed by atoms with Crippen LogP contribution in [0.15, 0.2) is 248 Å². The van der Waals surface area contributed by atoms with Crippen LogP contribution in [-0.4, -0.2) is 10.4 Å². The molecule has 0 bridgehead atoms. The minimum Gasteiger partial charge on any atom is -0.311 e. The maximum atomic E-state index is 4.84. The number of benzene rings is 10. The summed E-state index contributed by atoms with van der Waals surface area (Å²) in [6.45, 7) is 0. The van der Waals surface area contributed by atoms with Crippen LogP contribution < -0.4 is 21.0 Å². The number of nitrogens with one attached hydrogen (secondary N) is 2. The highest BCUT2D eigenvalue weighted by Crippen LogP contribution is 2.41. The van der Waals surface area contributed by atoms with Crippen LogP contribution >= 0.6 is 0 Å². The van der Waals surface area contributed by atoms with Gasteiger partial charge in [-0.05, 0) is 117 Å². The van der Waals surface area contributed by atoms with Crippen LogP contribution in [-0.2, 0) is 0 Å². The largest absolute Gasteiger partial charge is 0.311 e. The molecule has 0 atom stereocenters. The van der Waals surface area contributed by atoms with E-state index < -0.39 is 0 Å². The van der Waals surface area contributed by atoms with Crippen molar-refractivity contribution in [1.29, 1.82) is 0 Å². The first-order chi connectivity index (χ1) is 32.2. The number of hydrazone groups is 1. The Kier molecular flexibility index (Phi) is 9.47. The molecule has 11 aromatic rings. The Morgan fingerprint density at radius 1 is 0.369 bits per heavy atom. The van der Waals surface area contributed by atoms with Gasteiger partial charge in [-0.3, -0.25) is 5.43 Å². The summed E-state index contributed by atoms with van der Waals surface area (Å²) in [6.07, 6.45) is 0. The first-order valence-electron chi connectivity index (χ1n) is 22.0. The molecule has 0 spiro atoms. The molecule has 1 aliphatic rings. The standard InChI is InChI=1S/C59H42N6/c1-3-14-41(15-4-1)42-28-32-47(33-29-42)63(49-36-38-50(39-37-49)64-56-26-9-7-22-54(56)55-23-8-10-27-57(55)64)48-34-30-43(31-35-48)52-24-12-18-44-19-13-25-53(58(44)52)46-20-11-21-51(40-46)65-61-59(60-62-65)45-16-5-2-6-17-45/h1-40,62H,(H,60,61). The monoisotopic (exact) mass is 834 g/mol. The lowest BCUT2D eigenvalue weighted by Gasteiger charge is -2.26. The minimum atomic E-state index is 0.770. The van der Waals surface area contributed by atoms with Crippen molar-refractivity contribution in [3.8, 4) is 39.1 Å². The number of amidine groups is 1. The van der Waals surface area contributed by atoms with Gasteiger partial charge in [-0.15, -0.1) is 10.6 Å². The van der Waals surface area contributed by atoms with Crippen molar-refractivity contribution < 1.29 is 0 Å². The number of hydrazine groups is 2. The molecule has 0 radical (unpaired) electrons. The SMILES string of the molecule is c1ccc(C2=NN(c3cccc(-c4cccc5cccc(-c6ccc(N(c7ccc(-c8ccccc8)cc7)c7ccc(-n8c9ccccc9c9ccccc98)cc7)cc6)c45)c3)NN2)cc1. The van der Waals surface area contributed by atoms with Crippen LogP contribution in [0.1, 0.15) is 5.56 Å². The molecule has 0 amide bonds. The smallest absolute Gasteiger partial charge is 0.171 e. The third-order valence-corrected chi connectivity index (χ3v) is 12.4. The maximum absolute atomic E-state index is 4.84. The molecule has 6 heteroatoms. The van der Waals surface area contributed by atoms with Crippen LogP contribution in [0.2, 0.25) is 0 Å². The Labute approximate surface area is 377 Å². The number of nitrogens with zero attached hydrogens (tertiary/aromatic N) is 4. The van der Waals surface area contributed by atoms with E-state index in [0.29, 0.717) is 0 Å². The van der Waals surface area contributed by atoms with Crippen molar-refractivity contribution in [3.63, 3.8) is 0 Å². The molecular formula is C59H42N6. The van der Waals surface area contributed by atoms with E-state index in [2.05, 4.69) is 233 Å². The van der Waals surface area contributed by atoms with E-state index in [4.69, 9.17) is 5.10 Å². The molecule has 1 aromatic heterocycles. The maximum Gasteiger partial charge on any atom is 0.171 e.